The number of carbonyl (C=O) groups is 2. The number of nitrogens with zero attached hydrogens (tertiary/aromatic N) is 3. The third-order valence-electron chi connectivity index (χ3n) is 3.06. The summed E-state index contributed by atoms with van der Waals surface area (Å²) in [6.07, 6.45) is 3.07. The van der Waals surface area contributed by atoms with E-state index < -0.39 is 12.0 Å². The highest BCUT2D eigenvalue weighted by atomic mass is 16.5. The highest BCUT2D eigenvalue weighted by molar-refractivity contribution is 5.96. The fourth-order valence-electron chi connectivity index (χ4n) is 2.01. The number of anilines is 1. The number of aromatic amines is 1. The molecule has 3 aromatic rings. The maximum absolute atomic E-state index is 12.0. The number of esters is 1. The Kier molecular flexibility index (Phi) is 3.34. The van der Waals surface area contributed by atoms with Gasteiger partial charge in [0.1, 0.15) is 11.3 Å². The number of amides is 1. The van der Waals surface area contributed by atoms with E-state index in [-0.39, 0.29) is 0 Å². The minimum Gasteiger partial charge on any atom is -0.464 e. The molecule has 1 amide bonds. The number of methoxy groups -OCH3 is 1. The van der Waals surface area contributed by atoms with Gasteiger partial charge in [0.15, 0.2) is 0 Å². The van der Waals surface area contributed by atoms with Crippen LogP contribution in [0.2, 0.25) is 0 Å². The van der Waals surface area contributed by atoms with E-state index in [4.69, 9.17) is 0 Å². The molecule has 0 aliphatic heterocycles. The van der Waals surface area contributed by atoms with Gasteiger partial charge in [-0.1, -0.05) is 0 Å². The van der Waals surface area contributed by atoms with Gasteiger partial charge in [-0.15, -0.1) is 0 Å². The summed E-state index contributed by atoms with van der Waals surface area (Å²) in [7, 11) is 1.30. The van der Waals surface area contributed by atoms with Gasteiger partial charge in [0.25, 0.3) is 0 Å². The first-order chi connectivity index (χ1) is 10.6. The molecular weight excluding hydrogens is 286 g/mol. The average Bonchev–Trinajstić information content (AvgIpc) is 3.12. The summed E-state index contributed by atoms with van der Waals surface area (Å²) in [4.78, 5) is 30.5. The predicted octanol–water partition coefficient (Wildman–Crippen LogP) is 1.93. The maximum atomic E-state index is 12.0. The zero-order valence-electron chi connectivity index (χ0n) is 12.0. The lowest BCUT2D eigenvalue weighted by molar-refractivity contribution is 0.0595. The zero-order valence-corrected chi connectivity index (χ0v) is 12.0. The molecule has 0 bridgehead atoms. The maximum Gasteiger partial charge on any atom is 0.354 e. The average molecular weight is 299 g/mol. The Morgan fingerprint density at radius 1 is 1.36 bits per heavy atom. The number of aryl methyl sites for hydroxylation is 1. The molecule has 0 aliphatic rings. The quantitative estimate of drug-likeness (QED) is 0.704. The van der Waals surface area contributed by atoms with Crippen molar-refractivity contribution in [3.63, 3.8) is 0 Å². The molecule has 0 radical (unpaired) electrons. The molecule has 3 rings (SSSR count). The smallest absolute Gasteiger partial charge is 0.354 e. The molecule has 0 aromatic carbocycles. The van der Waals surface area contributed by atoms with Crippen LogP contribution >= 0.6 is 0 Å². The Balaban J connectivity index is 1.85. The van der Waals surface area contributed by atoms with E-state index >= 15 is 0 Å². The lowest BCUT2D eigenvalue weighted by Crippen LogP contribution is -2.20. The SMILES string of the molecule is COC(=O)c1cc2cc(NC(=O)n3ccc(C)n3)cnc2[nH]1. The van der Waals surface area contributed by atoms with Crippen molar-refractivity contribution in [1.82, 2.24) is 19.7 Å². The summed E-state index contributed by atoms with van der Waals surface area (Å²) < 4.78 is 5.85. The topological polar surface area (TPSA) is 102 Å². The molecule has 0 saturated carbocycles. The van der Waals surface area contributed by atoms with E-state index in [1.54, 1.807) is 31.3 Å². The van der Waals surface area contributed by atoms with Crippen LogP contribution in [0.3, 0.4) is 0 Å². The second-order valence-electron chi connectivity index (χ2n) is 4.67. The summed E-state index contributed by atoms with van der Waals surface area (Å²) in [5.74, 6) is -0.476. The van der Waals surface area contributed by atoms with Crippen molar-refractivity contribution in [2.75, 3.05) is 12.4 Å². The normalized spacial score (nSPS) is 10.6. The standard InChI is InChI=1S/C14H13N5O3/c1-8-3-4-19(18-8)14(21)16-10-5-9-6-11(13(20)22-2)17-12(9)15-7-10/h3-7H,1-2H3,(H,15,17)(H,16,21). The third kappa shape index (κ3) is 2.53. The first kappa shape index (κ1) is 13.8. The van der Waals surface area contributed by atoms with Crippen LogP contribution in [0.1, 0.15) is 16.2 Å². The molecule has 2 N–H and O–H groups in total. The second-order valence-corrected chi connectivity index (χ2v) is 4.67. The molecule has 0 unspecified atom stereocenters. The molecule has 0 aliphatic carbocycles. The molecule has 3 heterocycles. The summed E-state index contributed by atoms with van der Waals surface area (Å²) in [5, 5.41) is 7.40. The van der Waals surface area contributed by atoms with Gasteiger partial charge in [-0.25, -0.2) is 14.6 Å². The summed E-state index contributed by atoms with van der Waals surface area (Å²) in [6, 6.07) is 4.66. The van der Waals surface area contributed by atoms with Crippen LogP contribution < -0.4 is 5.32 Å². The largest absolute Gasteiger partial charge is 0.464 e. The molecule has 8 heteroatoms. The van der Waals surface area contributed by atoms with E-state index in [9.17, 15) is 9.59 Å². The first-order valence-electron chi connectivity index (χ1n) is 6.47. The molecule has 112 valence electrons. The number of hydrogen-bond donors (Lipinski definition) is 2. The van der Waals surface area contributed by atoms with E-state index in [0.29, 0.717) is 22.4 Å². The Morgan fingerprint density at radius 3 is 2.86 bits per heavy atom. The summed E-state index contributed by atoms with van der Waals surface area (Å²) in [5.41, 5.74) is 2.09. The molecule has 8 nitrogen and oxygen atoms in total. The fourth-order valence-corrected chi connectivity index (χ4v) is 2.01. The van der Waals surface area contributed by atoms with E-state index in [2.05, 4.69) is 25.1 Å². The van der Waals surface area contributed by atoms with Crippen molar-refractivity contribution in [1.29, 1.82) is 0 Å². The predicted molar refractivity (Wildman–Crippen MR) is 78.8 cm³/mol. The van der Waals surface area contributed by atoms with Crippen LogP contribution in [0.4, 0.5) is 10.5 Å². The van der Waals surface area contributed by atoms with E-state index in [1.807, 2.05) is 0 Å². The highest BCUT2D eigenvalue weighted by Gasteiger charge is 2.12. The van der Waals surface area contributed by atoms with Gasteiger partial charge in [0.2, 0.25) is 0 Å². The van der Waals surface area contributed by atoms with Gasteiger partial charge < -0.3 is 15.0 Å². The van der Waals surface area contributed by atoms with E-state index in [0.717, 1.165) is 5.69 Å². The Morgan fingerprint density at radius 2 is 2.18 bits per heavy atom. The van der Waals surface area contributed by atoms with Crippen LogP contribution in [-0.4, -0.2) is 38.9 Å². The third-order valence-corrected chi connectivity index (χ3v) is 3.06. The number of carbonyl (C=O) groups excluding carboxylic acids is 2. The number of fused-ring (bicyclic) bond motifs is 1. The minimum absolute atomic E-state index is 0.302. The van der Waals surface area contributed by atoms with Crippen molar-refractivity contribution in [3.8, 4) is 0 Å². The van der Waals surface area contributed by atoms with Crippen LogP contribution in [0.5, 0.6) is 0 Å². The summed E-state index contributed by atoms with van der Waals surface area (Å²) >= 11 is 0. The Bertz CT molecular complexity index is 864. The van der Waals surface area contributed by atoms with Crippen molar-refractivity contribution in [3.05, 3.63) is 42.0 Å². The Labute approximate surface area is 125 Å². The highest BCUT2D eigenvalue weighted by Crippen LogP contribution is 2.18. The molecule has 3 aromatic heterocycles. The van der Waals surface area contributed by atoms with Gasteiger partial charge in [0.05, 0.1) is 24.7 Å². The van der Waals surface area contributed by atoms with Gasteiger partial charge >= 0.3 is 12.0 Å². The number of H-pyrrole nitrogens is 1. The first-order valence-corrected chi connectivity index (χ1v) is 6.47. The number of aromatic nitrogens is 4. The molecule has 0 fully saturated rings. The summed E-state index contributed by atoms with van der Waals surface area (Å²) in [6.45, 7) is 1.80. The Hall–Kier alpha value is -3.16. The molecular formula is C14H13N5O3. The lowest BCUT2D eigenvalue weighted by atomic mass is 10.3. The number of pyridine rings is 1. The van der Waals surface area contributed by atoms with Crippen molar-refractivity contribution >= 4 is 28.7 Å². The number of nitrogens with one attached hydrogen (secondary N) is 2. The van der Waals surface area contributed by atoms with Crippen LogP contribution in [0, 0.1) is 6.92 Å². The van der Waals surface area contributed by atoms with E-state index in [1.165, 1.54) is 18.0 Å². The van der Waals surface area contributed by atoms with Gasteiger partial charge in [-0.3, -0.25) is 0 Å². The molecule has 22 heavy (non-hydrogen) atoms. The van der Waals surface area contributed by atoms with Crippen molar-refractivity contribution < 1.29 is 14.3 Å². The number of hydrogen-bond acceptors (Lipinski definition) is 5. The van der Waals surface area contributed by atoms with Crippen molar-refractivity contribution in [2.45, 2.75) is 6.92 Å². The number of rotatable bonds is 2. The molecule has 0 spiro atoms. The fraction of sp³-hybridized carbons (Fsp3) is 0.143. The molecule has 0 saturated heterocycles. The second kappa shape index (κ2) is 5.32. The van der Waals surface area contributed by atoms with Gasteiger partial charge in [-0.2, -0.15) is 9.78 Å². The number of ether oxygens (including phenoxy) is 1. The monoisotopic (exact) mass is 299 g/mol. The lowest BCUT2D eigenvalue weighted by Gasteiger charge is -2.04. The minimum atomic E-state index is -0.476. The van der Waals surface area contributed by atoms with Gasteiger partial charge in [-0.05, 0) is 25.1 Å². The van der Waals surface area contributed by atoms with Crippen LogP contribution in [0.15, 0.2) is 30.6 Å². The zero-order chi connectivity index (χ0) is 15.7. The van der Waals surface area contributed by atoms with Gasteiger partial charge in [0, 0.05) is 11.6 Å². The molecule has 0 atom stereocenters. The van der Waals surface area contributed by atoms with Crippen molar-refractivity contribution in [2.24, 2.45) is 0 Å². The van der Waals surface area contributed by atoms with Crippen LogP contribution in [0.25, 0.3) is 11.0 Å². The van der Waals surface area contributed by atoms with Crippen LogP contribution in [-0.2, 0) is 4.74 Å².